The van der Waals surface area contributed by atoms with Crippen LogP contribution in [0.4, 0.5) is 5.82 Å². The molecule has 5 aromatic rings. The number of ether oxygens (including phenoxy) is 3. The van der Waals surface area contributed by atoms with E-state index >= 15 is 0 Å². The van der Waals surface area contributed by atoms with Crippen LogP contribution in [0.25, 0.3) is 16.6 Å². The molecule has 0 atom stereocenters. The van der Waals surface area contributed by atoms with Gasteiger partial charge in [0, 0.05) is 34.6 Å². The second kappa shape index (κ2) is 12.3. The van der Waals surface area contributed by atoms with E-state index in [2.05, 4.69) is 20.4 Å². The number of rotatable bonds is 8. The molecule has 1 aliphatic carbocycles. The molecule has 2 aromatic carbocycles. The van der Waals surface area contributed by atoms with E-state index in [9.17, 15) is 9.59 Å². The fourth-order valence-corrected chi connectivity index (χ4v) is 5.29. The van der Waals surface area contributed by atoms with Gasteiger partial charge in [-0.3, -0.25) is 19.1 Å². The Morgan fingerprint density at radius 1 is 0.909 bits per heavy atom. The summed E-state index contributed by atoms with van der Waals surface area (Å²) in [5.41, 5.74) is 3.06. The van der Waals surface area contributed by atoms with Crippen molar-refractivity contribution < 1.29 is 23.8 Å². The molecule has 1 aliphatic rings. The number of para-hydroxylation sites is 1. The lowest BCUT2D eigenvalue weighted by molar-refractivity contribution is 0.102. The maximum Gasteiger partial charge on any atom is 0.268 e. The Hall–Kier alpha value is -5.71. The zero-order valence-electron chi connectivity index (χ0n) is 24.4. The smallest absolute Gasteiger partial charge is 0.268 e. The van der Waals surface area contributed by atoms with E-state index in [-0.39, 0.29) is 11.4 Å². The number of carbonyl (C=O) groups is 1. The number of hydrogen-bond donors (Lipinski definition) is 1. The van der Waals surface area contributed by atoms with Crippen LogP contribution < -0.4 is 25.1 Å². The quantitative estimate of drug-likeness (QED) is 0.234. The lowest BCUT2D eigenvalue weighted by Gasteiger charge is -2.23. The average molecular weight is 592 g/mol. The fraction of sp³-hybridized carbons (Fsp3) is 0.182. The summed E-state index contributed by atoms with van der Waals surface area (Å²) in [5.74, 6) is 1.74. The van der Waals surface area contributed by atoms with E-state index in [4.69, 9.17) is 19.0 Å². The number of pyridine rings is 3. The lowest BCUT2D eigenvalue weighted by atomic mass is 9.92. The predicted octanol–water partition coefficient (Wildman–Crippen LogP) is 5.53. The lowest BCUT2D eigenvalue weighted by Crippen LogP contribution is -2.33. The number of nitrogens with zero attached hydrogens (tertiary/aromatic N) is 4. The molecular weight excluding hydrogens is 562 g/mol. The highest BCUT2D eigenvalue weighted by molar-refractivity contribution is 6.07. The summed E-state index contributed by atoms with van der Waals surface area (Å²) in [6.45, 7) is 0. The number of oxime groups is 1. The molecule has 222 valence electrons. The highest BCUT2D eigenvalue weighted by Gasteiger charge is 2.26. The standard InChI is InChI=1S/C33H29N5O6/c1-41-29-17-23-26(18-30(29)42-2)34-15-14-28(23)44-21-12-13-31(35-19-21)36-32(39)24-16-22-25(37-43-3)10-7-11-27(22)38(33(24)40)20-8-5-4-6-9-20/h4-6,8-9,12-19H,7,10-11H2,1-3H3,(H,35,36,39). The average Bonchev–Trinajstić information content (AvgIpc) is 3.05. The Bertz CT molecular complexity index is 1940. The number of anilines is 1. The topological polar surface area (TPSA) is 126 Å². The van der Waals surface area contributed by atoms with Crippen molar-refractivity contribution in [3.05, 3.63) is 106 Å². The first-order valence-electron chi connectivity index (χ1n) is 13.9. The first-order valence-corrected chi connectivity index (χ1v) is 13.9. The normalized spacial score (nSPS) is 13.3. The summed E-state index contributed by atoms with van der Waals surface area (Å²) in [6, 6.07) is 19.4. The van der Waals surface area contributed by atoms with E-state index in [1.807, 2.05) is 30.3 Å². The fourth-order valence-electron chi connectivity index (χ4n) is 5.29. The highest BCUT2D eigenvalue weighted by atomic mass is 16.6. The Morgan fingerprint density at radius 2 is 1.70 bits per heavy atom. The maximum atomic E-state index is 13.8. The highest BCUT2D eigenvalue weighted by Crippen LogP contribution is 2.37. The van der Waals surface area contributed by atoms with Crippen LogP contribution in [0.5, 0.6) is 23.0 Å². The molecular formula is C33H29N5O6. The zero-order valence-corrected chi connectivity index (χ0v) is 24.4. The Kier molecular flexibility index (Phi) is 7.92. The molecule has 0 saturated carbocycles. The van der Waals surface area contributed by atoms with Crippen LogP contribution in [0.3, 0.4) is 0 Å². The van der Waals surface area contributed by atoms with Crippen LogP contribution >= 0.6 is 0 Å². The van der Waals surface area contributed by atoms with Gasteiger partial charge in [0.2, 0.25) is 0 Å². The second-order valence-electron chi connectivity index (χ2n) is 9.94. The van der Waals surface area contributed by atoms with Crippen molar-refractivity contribution in [3.63, 3.8) is 0 Å². The van der Waals surface area contributed by atoms with Crippen molar-refractivity contribution in [2.45, 2.75) is 19.3 Å². The van der Waals surface area contributed by atoms with Crippen LogP contribution in [0.1, 0.15) is 34.5 Å². The summed E-state index contributed by atoms with van der Waals surface area (Å²) in [7, 11) is 4.60. The number of benzene rings is 2. The summed E-state index contributed by atoms with van der Waals surface area (Å²) < 4.78 is 18.5. The molecule has 0 fully saturated rings. The number of methoxy groups -OCH3 is 2. The van der Waals surface area contributed by atoms with Gasteiger partial charge in [-0.1, -0.05) is 23.4 Å². The van der Waals surface area contributed by atoms with Crippen LogP contribution in [0.15, 0.2) is 89.1 Å². The van der Waals surface area contributed by atoms with Crippen LogP contribution in [0.2, 0.25) is 0 Å². The Morgan fingerprint density at radius 3 is 2.43 bits per heavy atom. The maximum absolute atomic E-state index is 13.8. The van der Waals surface area contributed by atoms with E-state index in [1.54, 1.807) is 61.4 Å². The number of aromatic nitrogens is 3. The molecule has 0 radical (unpaired) electrons. The molecule has 0 spiro atoms. The van der Waals surface area contributed by atoms with E-state index in [0.717, 1.165) is 17.5 Å². The summed E-state index contributed by atoms with van der Waals surface area (Å²) in [5, 5.41) is 7.65. The largest absolute Gasteiger partial charge is 0.493 e. The van der Waals surface area contributed by atoms with Crippen LogP contribution in [-0.2, 0) is 11.3 Å². The SMILES string of the molecule is CON=C1CCCc2c1cc(C(=O)Nc1ccc(Oc3ccnc4cc(OC)c(OC)cc34)cn1)c(=O)n2-c1ccccc1. The van der Waals surface area contributed by atoms with Crippen molar-refractivity contribution in [1.29, 1.82) is 0 Å². The summed E-state index contributed by atoms with van der Waals surface area (Å²) in [6.07, 6.45) is 5.27. The van der Waals surface area contributed by atoms with Gasteiger partial charge in [0.15, 0.2) is 11.5 Å². The molecule has 0 saturated heterocycles. The number of nitrogens with one attached hydrogen (secondary N) is 1. The minimum absolute atomic E-state index is 0.0342. The molecule has 6 rings (SSSR count). The van der Waals surface area contributed by atoms with Crippen molar-refractivity contribution >= 4 is 28.3 Å². The number of amides is 1. The molecule has 11 nitrogen and oxygen atoms in total. The van der Waals surface area contributed by atoms with Crippen molar-refractivity contribution in [3.8, 4) is 28.7 Å². The molecule has 0 aliphatic heterocycles. The second-order valence-corrected chi connectivity index (χ2v) is 9.94. The molecule has 3 heterocycles. The van der Waals surface area contributed by atoms with E-state index in [1.165, 1.54) is 13.3 Å². The molecule has 44 heavy (non-hydrogen) atoms. The third kappa shape index (κ3) is 5.42. The van der Waals surface area contributed by atoms with E-state index < -0.39 is 11.5 Å². The van der Waals surface area contributed by atoms with Crippen molar-refractivity contribution in [2.75, 3.05) is 26.6 Å². The van der Waals surface area contributed by atoms with Gasteiger partial charge >= 0.3 is 0 Å². The number of carbonyl (C=O) groups excluding carboxylic acids is 1. The molecule has 1 amide bonds. The first-order chi connectivity index (χ1) is 21.5. The third-order valence-electron chi connectivity index (χ3n) is 7.31. The first kappa shape index (κ1) is 28.4. The van der Waals surface area contributed by atoms with Crippen molar-refractivity contribution in [1.82, 2.24) is 14.5 Å². The van der Waals surface area contributed by atoms with Crippen LogP contribution in [-0.4, -0.2) is 47.5 Å². The monoisotopic (exact) mass is 591 g/mol. The minimum Gasteiger partial charge on any atom is -0.493 e. The van der Waals surface area contributed by atoms with Gasteiger partial charge in [0.05, 0.1) is 31.6 Å². The zero-order chi connectivity index (χ0) is 30.6. The minimum atomic E-state index is -0.591. The molecule has 0 unspecified atom stereocenters. The summed E-state index contributed by atoms with van der Waals surface area (Å²) >= 11 is 0. The van der Waals surface area contributed by atoms with Gasteiger partial charge < -0.3 is 24.4 Å². The van der Waals surface area contributed by atoms with Gasteiger partial charge in [-0.05, 0) is 61.7 Å². The predicted molar refractivity (Wildman–Crippen MR) is 166 cm³/mol. The summed E-state index contributed by atoms with van der Waals surface area (Å²) in [4.78, 5) is 41.1. The van der Waals surface area contributed by atoms with Gasteiger partial charge in [0.1, 0.15) is 30.0 Å². The van der Waals surface area contributed by atoms with Gasteiger partial charge in [-0.25, -0.2) is 4.98 Å². The van der Waals surface area contributed by atoms with Gasteiger partial charge in [0.25, 0.3) is 11.5 Å². The number of fused-ring (bicyclic) bond motifs is 2. The van der Waals surface area contributed by atoms with Crippen molar-refractivity contribution in [2.24, 2.45) is 5.16 Å². The molecule has 1 N–H and O–H groups in total. The van der Waals surface area contributed by atoms with E-state index in [0.29, 0.717) is 58.3 Å². The molecule has 3 aromatic heterocycles. The van der Waals surface area contributed by atoms with Gasteiger partial charge in [-0.2, -0.15) is 0 Å². The van der Waals surface area contributed by atoms with Gasteiger partial charge in [-0.15, -0.1) is 0 Å². The Balaban J connectivity index is 1.29. The third-order valence-corrected chi connectivity index (χ3v) is 7.31. The van der Waals surface area contributed by atoms with Crippen LogP contribution in [0, 0.1) is 0 Å². The molecule has 11 heteroatoms. The molecule has 0 bridgehead atoms. The number of hydrogen-bond acceptors (Lipinski definition) is 9. The Labute approximate surface area is 252 Å².